The van der Waals surface area contributed by atoms with Crippen molar-refractivity contribution in [1.82, 2.24) is 5.16 Å². The van der Waals surface area contributed by atoms with E-state index in [0.29, 0.717) is 22.5 Å². The van der Waals surface area contributed by atoms with Gasteiger partial charge in [0.2, 0.25) is 15.7 Å². The molecule has 0 aliphatic heterocycles. The fourth-order valence-corrected chi connectivity index (χ4v) is 6.14. The van der Waals surface area contributed by atoms with Gasteiger partial charge in [-0.05, 0) is 63.3 Å². The Labute approximate surface area is 196 Å². The monoisotopic (exact) mass is 487 g/mol. The van der Waals surface area contributed by atoms with Gasteiger partial charge in [-0.25, -0.2) is 8.42 Å². The van der Waals surface area contributed by atoms with E-state index in [2.05, 4.69) is 22.4 Å². The molecule has 3 rings (SSSR count). The smallest absolute Gasteiger partial charge is 0.267 e. The van der Waals surface area contributed by atoms with Crippen molar-refractivity contribution in [3.8, 4) is 0 Å². The normalized spacial score (nSPS) is 12.3. The third kappa shape index (κ3) is 4.76. The molecule has 1 aromatic carbocycles. The molecule has 0 aliphatic rings. The molecule has 174 valence electrons. The molecule has 10 heteroatoms. The lowest BCUT2D eigenvalue weighted by molar-refractivity contribution is 0.101. The summed E-state index contributed by atoms with van der Waals surface area (Å²) in [6, 6.07) is 4.91. The maximum absolute atomic E-state index is 13.4. The maximum atomic E-state index is 13.4. The van der Waals surface area contributed by atoms with Crippen molar-refractivity contribution in [2.24, 2.45) is 0 Å². The molecule has 2 heterocycles. The summed E-state index contributed by atoms with van der Waals surface area (Å²) >= 11 is 0.994. The number of rotatable bonds is 8. The van der Waals surface area contributed by atoms with Gasteiger partial charge in [-0.1, -0.05) is 23.9 Å². The fourth-order valence-electron chi connectivity index (χ4n) is 3.48. The number of hydrogen-bond acceptors (Lipinski definition) is 8. The van der Waals surface area contributed by atoms with Crippen LogP contribution in [0.2, 0.25) is 0 Å². The summed E-state index contributed by atoms with van der Waals surface area (Å²) in [5.74, 6) is -0.607. The van der Waals surface area contributed by atoms with E-state index < -0.39 is 21.1 Å². The fraction of sp³-hybridized carbons (Fsp3) is 0.261. The molecule has 0 saturated carbocycles. The van der Waals surface area contributed by atoms with Crippen LogP contribution in [0, 0.1) is 27.7 Å². The molecule has 0 aliphatic carbocycles. The van der Waals surface area contributed by atoms with Crippen molar-refractivity contribution in [1.29, 1.82) is 0 Å². The Balaban J connectivity index is 1.96. The molecule has 8 nitrogen and oxygen atoms in total. The first-order valence-corrected chi connectivity index (χ1v) is 12.5. The number of carbonyl (C=O) groups excluding carboxylic acids is 2. The van der Waals surface area contributed by atoms with Crippen LogP contribution in [-0.4, -0.2) is 30.6 Å². The standard InChI is InChI=1S/C23H25N3O5S2/c1-7-19(25-23-14(4)15(5)26-31-23)33(29,30)18-8-9-32-21(18)22(28)24-17-11-12(2)10-13(3)20(17)16(6)27/h7-11,19,25H,1H2,2-6H3,(H,24,28). The molecule has 2 N–H and O–H groups in total. The summed E-state index contributed by atoms with van der Waals surface area (Å²) in [5.41, 5.74) is 3.62. The number of ketones is 1. The average Bonchev–Trinajstić information content (AvgIpc) is 3.34. The average molecular weight is 488 g/mol. The van der Waals surface area contributed by atoms with Crippen LogP contribution >= 0.6 is 11.3 Å². The van der Waals surface area contributed by atoms with Crippen molar-refractivity contribution in [2.75, 3.05) is 10.6 Å². The van der Waals surface area contributed by atoms with Crippen LogP contribution in [0.3, 0.4) is 0 Å². The van der Waals surface area contributed by atoms with Crippen molar-refractivity contribution < 1.29 is 22.5 Å². The summed E-state index contributed by atoms with van der Waals surface area (Å²) in [4.78, 5) is 25.1. The Hall–Kier alpha value is -3.24. The number of aryl methyl sites for hydroxylation is 3. The maximum Gasteiger partial charge on any atom is 0.267 e. The number of nitrogens with zero attached hydrogens (tertiary/aromatic N) is 1. The van der Waals surface area contributed by atoms with Gasteiger partial charge in [-0.15, -0.1) is 11.3 Å². The lowest BCUT2D eigenvalue weighted by atomic mass is 10.00. The summed E-state index contributed by atoms with van der Waals surface area (Å²) in [6.07, 6.45) is 1.23. The number of thiophene rings is 1. The number of benzene rings is 1. The lowest BCUT2D eigenvalue weighted by Crippen LogP contribution is -2.29. The topological polar surface area (TPSA) is 118 Å². The van der Waals surface area contributed by atoms with E-state index in [1.54, 1.807) is 26.8 Å². The number of aromatic nitrogens is 1. The predicted molar refractivity (Wildman–Crippen MR) is 129 cm³/mol. The summed E-state index contributed by atoms with van der Waals surface area (Å²) in [5, 5.41) is 9.61. The summed E-state index contributed by atoms with van der Waals surface area (Å²) < 4.78 is 31.9. The van der Waals surface area contributed by atoms with E-state index in [0.717, 1.165) is 22.5 Å². The van der Waals surface area contributed by atoms with Crippen LogP contribution in [0.1, 0.15) is 49.3 Å². The molecule has 1 amide bonds. The van der Waals surface area contributed by atoms with Gasteiger partial charge in [0.25, 0.3) is 5.91 Å². The molecule has 33 heavy (non-hydrogen) atoms. The Morgan fingerprint density at radius 1 is 1.21 bits per heavy atom. The van der Waals surface area contributed by atoms with Gasteiger partial charge in [-0.3, -0.25) is 9.59 Å². The number of carbonyl (C=O) groups is 2. The third-order valence-corrected chi connectivity index (χ3v) is 8.18. The molecule has 1 unspecified atom stereocenters. The summed E-state index contributed by atoms with van der Waals surface area (Å²) in [6.45, 7) is 12.2. The van der Waals surface area contributed by atoms with Crippen molar-refractivity contribution in [2.45, 2.75) is 44.9 Å². The van der Waals surface area contributed by atoms with Gasteiger partial charge in [0, 0.05) is 11.1 Å². The predicted octanol–water partition coefficient (Wildman–Crippen LogP) is 4.82. The molecule has 0 radical (unpaired) electrons. The van der Waals surface area contributed by atoms with E-state index in [9.17, 15) is 18.0 Å². The minimum absolute atomic E-state index is 0.00258. The van der Waals surface area contributed by atoms with Crippen LogP contribution in [0.25, 0.3) is 0 Å². The van der Waals surface area contributed by atoms with E-state index >= 15 is 0 Å². The number of anilines is 2. The van der Waals surface area contributed by atoms with Crippen LogP contribution in [0.15, 0.2) is 45.7 Å². The highest BCUT2D eigenvalue weighted by molar-refractivity contribution is 7.92. The zero-order chi connectivity index (χ0) is 24.5. The second-order valence-corrected chi connectivity index (χ2v) is 10.7. The van der Waals surface area contributed by atoms with Gasteiger partial charge in [0.1, 0.15) is 4.88 Å². The number of amides is 1. The Kier molecular flexibility index (Phi) is 6.89. The molecule has 0 fully saturated rings. The van der Waals surface area contributed by atoms with Gasteiger partial charge >= 0.3 is 0 Å². The molecule has 1 atom stereocenters. The Morgan fingerprint density at radius 3 is 2.48 bits per heavy atom. The van der Waals surface area contributed by atoms with Crippen LogP contribution in [0.4, 0.5) is 11.6 Å². The van der Waals surface area contributed by atoms with E-state index in [1.807, 2.05) is 13.0 Å². The van der Waals surface area contributed by atoms with E-state index in [1.165, 1.54) is 24.4 Å². The first-order chi connectivity index (χ1) is 15.5. The highest BCUT2D eigenvalue weighted by atomic mass is 32.2. The zero-order valence-corrected chi connectivity index (χ0v) is 20.6. The number of Topliss-reactive ketones (excluding diaryl/α,β-unsaturated/α-hetero) is 1. The van der Waals surface area contributed by atoms with E-state index in [4.69, 9.17) is 4.52 Å². The van der Waals surface area contributed by atoms with Crippen LogP contribution in [-0.2, 0) is 9.84 Å². The van der Waals surface area contributed by atoms with Crippen LogP contribution < -0.4 is 10.6 Å². The molecule has 0 spiro atoms. The first-order valence-electron chi connectivity index (χ1n) is 10.0. The van der Waals surface area contributed by atoms with Crippen molar-refractivity contribution in [3.05, 3.63) is 69.1 Å². The van der Waals surface area contributed by atoms with Crippen molar-refractivity contribution >= 4 is 44.4 Å². The largest absolute Gasteiger partial charge is 0.338 e. The second-order valence-electron chi connectivity index (χ2n) is 7.70. The molecular weight excluding hydrogens is 462 g/mol. The first kappa shape index (κ1) is 24.4. The number of sulfone groups is 1. The highest BCUT2D eigenvalue weighted by Gasteiger charge is 2.32. The SMILES string of the molecule is C=CC(Nc1onc(C)c1C)S(=O)(=O)c1ccsc1C(=O)Nc1cc(C)cc(C)c1C(C)=O. The molecule has 3 aromatic rings. The Morgan fingerprint density at radius 2 is 1.91 bits per heavy atom. The minimum Gasteiger partial charge on any atom is -0.338 e. The zero-order valence-electron chi connectivity index (χ0n) is 19.0. The van der Waals surface area contributed by atoms with Gasteiger partial charge in [-0.2, -0.15) is 0 Å². The molecular formula is C23H25N3O5S2. The second kappa shape index (κ2) is 9.32. The summed E-state index contributed by atoms with van der Waals surface area (Å²) in [7, 11) is -4.06. The van der Waals surface area contributed by atoms with Gasteiger partial charge in [0.15, 0.2) is 11.2 Å². The highest BCUT2D eigenvalue weighted by Crippen LogP contribution is 2.30. The van der Waals surface area contributed by atoms with Crippen LogP contribution in [0.5, 0.6) is 0 Å². The molecule has 0 bridgehead atoms. The third-order valence-electron chi connectivity index (χ3n) is 5.20. The quantitative estimate of drug-likeness (QED) is 0.345. The molecule has 2 aromatic heterocycles. The van der Waals surface area contributed by atoms with E-state index in [-0.39, 0.29) is 21.4 Å². The Bertz CT molecular complexity index is 1350. The van der Waals surface area contributed by atoms with Gasteiger partial charge < -0.3 is 15.2 Å². The number of nitrogens with one attached hydrogen (secondary N) is 2. The number of hydrogen-bond donors (Lipinski definition) is 2. The lowest BCUT2D eigenvalue weighted by Gasteiger charge is -2.16. The molecule has 0 saturated heterocycles. The minimum atomic E-state index is -4.06. The van der Waals surface area contributed by atoms with Crippen molar-refractivity contribution in [3.63, 3.8) is 0 Å². The van der Waals surface area contributed by atoms with Gasteiger partial charge in [0.05, 0.1) is 16.3 Å².